The van der Waals surface area contributed by atoms with Gasteiger partial charge in [-0.2, -0.15) is 16.8 Å². The van der Waals surface area contributed by atoms with Gasteiger partial charge in [0, 0.05) is 71.4 Å². The average Bonchev–Trinajstić information content (AvgIpc) is 3.20. The normalized spacial score (nSPS) is 13.3. The summed E-state index contributed by atoms with van der Waals surface area (Å²) in [5.41, 5.74) is 0. The Morgan fingerprint density at radius 2 is 0.781 bits per heavy atom. The van der Waals surface area contributed by atoms with Crippen molar-refractivity contribution in [3.63, 3.8) is 0 Å². The van der Waals surface area contributed by atoms with Crippen molar-refractivity contribution in [3.8, 4) is 0 Å². The fourth-order valence-electron chi connectivity index (χ4n) is 7.42. The van der Waals surface area contributed by atoms with E-state index in [4.69, 9.17) is 13.3 Å². The first-order valence-corrected chi connectivity index (χ1v) is 30.5. The number of aliphatic hydroxyl groups is 3. The Kier molecular flexibility index (Phi) is 37.2. The van der Waals surface area contributed by atoms with Gasteiger partial charge >= 0.3 is 8.80 Å². The van der Waals surface area contributed by atoms with Gasteiger partial charge in [-0.1, -0.05) is 96.8 Å². The maximum absolute atomic E-state index is 11.5. The molecule has 0 unspecified atom stereocenters. The molecule has 64 heavy (non-hydrogen) atoms. The molecular formula is C41H90N4O15S3Si. The molecule has 0 aromatic heterocycles. The van der Waals surface area contributed by atoms with Crippen molar-refractivity contribution in [2.24, 2.45) is 0 Å². The van der Waals surface area contributed by atoms with Gasteiger partial charge in [0.05, 0.1) is 94.2 Å². The molecule has 0 bridgehead atoms. The van der Waals surface area contributed by atoms with Crippen LogP contribution in [0.15, 0.2) is 0 Å². The first kappa shape index (κ1) is 63.5. The van der Waals surface area contributed by atoms with E-state index in [2.05, 4.69) is 21.0 Å². The molecule has 0 heterocycles. The first-order chi connectivity index (χ1) is 30.2. The lowest BCUT2D eigenvalue weighted by Gasteiger charge is -2.34. The number of hydrogen-bond acceptors (Lipinski definition) is 16. The lowest BCUT2D eigenvalue weighted by Crippen LogP contribution is -2.51. The summed E-state index contributed by atoms with van der Waals surface area (Å²) in [7, 11) is -12.5. The molecule has 19 nitrogen and oxygen atoms in total. The summed E-state index contributed by atoms with van der Waals surface area (Å²) in [6.45, 7) is 3.42. The second kappa shape index (κ2) is 37.4. The van der Waals surface area contributed by atoms with Crippen molar-refractivity contribution < 1.29 is 72.0 Å². The fourth-order valence-corrected chi connectivity index (χ4v) is 11.4. The van der Waals surface area contributed by atoms with E-state index in [1.807, 2.05) is 0 Å². The zero-order valence-electron chi connectivity index (χ0n) is 39.7. The van der Waals surface area contributed by atoms with Crippen LogP contribution in [-0.4, -0.2) is 225 Å². The summed E-state index contributed by atoms with van der Waals surface area (Å²) < 4.78 is 119. The molecule has 0 rings (SSSR count). The van der Waals surface area contributed by atoms with Gasteiger partial charge in [-0.25, -0.2) is 8.42 Å². The Hall–Kier alpha value is -0.453. The van der Waals surface area contributed by atoms with Crippen LogP contribution in [0.1, 0.15) is 116 Å². The molecule has 0 aromatic carbocycles. The molecule has 0 saturated heterocycles. The van der Waals surface area contributed by atoms with Crippen LogP contribution in [0.25, 0.3) is 0 Å². The van der Waals surface area contributed by atoms with Crippen molar-refractivity contribution in [3.05, 3.63) is 0 Å². The topological polar surface area (TPSA) is 264 Å². The lowest BCUT2D eigenvalue weighted by atomic mass is 10.0. The van der Waals surface area contributed by atoms with Crippen molar-refractivity contribution in [1.29, 1.82) is 0 Å². The van der Waals surface area contributed by atoms with Crippen LogP contribution in [0.5, 0.6) is 0 Å². The number of quaternary nitrogens is 1. The minimum atomic E-state index is -4.52. The monoisotopic (exact) mass is 1000 g/mol. The Balaban J connectivity index is 5.74. The average molecular weight is 1000 g/mol. The van der Waals surface area contributed by atoms with E-state index < -0.39 is 56.4 Å². The van der Waals surface area contributed by atoms with Crippen LogP contribution in [0.3, 0.4) is 0 Å². The van der Waals surface area contributed by atoms with Crippen LogP contribution in [-0.2, 0) is 43.6 Å². The van der Waals surface area contributed by atoms with E-state index in [0.717, 1.165) is 30.4 Å². The van der Waals surface area contributed by atoms with Crippen molar-refractivity contribution >= 4 is 39.2 Å². The zero-order chi connectivity index (χ0) is 48.2. The number of aliphatic hydroxyl groups excluding tert-OH is 3. The molecule has 0 atom stereocenters. The van der Waals surface area contributed by atoms with E-state index >= 15 is 0 Å². The minimum absolute atomic E-state index is 0.0208. The van der Waals surface area contributed by atoms with E-state index in [9.17, 15) is 54.2 Å². The van der Waals surface area contributed by atoms with Crippen molar-refractivity contribution in [2.75, 3.05) is 143 Å². The van der Waals surface area contributed by atoms with Gasteiger partial charge < -0.3 is 37.6 Å². The summed E-state index contributed by atoms with van der Waals surface area (Å²) in [6.07, 6.45) is 21.4. The standard InChI is InChI=1S/C41H90N4O15S3Si/c1-4-5-6-7-8-9-10-11-12-13-14-15-16-17-18-19-30-45(2,3)31-20-41-64(58-35-24-42(21-32-46)27-38-61(49,50)51,59-36-25-43(22-33-47)28-39-62(52,53)54)60-37-26-44(23-34-48)29-40-63(55,56)57/h46-48H,4-41H2,1-3H3,(H2-,49,50,51,52,53,54,55,56,57). The van der Waals surface area contributed by atoms with Crippen LogP contribution in [0.4, 0.5) is 0 Å². The van der Waals surface area contributed by atoms with Gasteiger partial charge in [0.25, 0.3) is 20.2 Å². The molecule has 0 saturated carbocycles. The Labute approximate surface area is 389 Å². The third-order valence-corrected chi connectivity index (χ3v) is 16.3. The van der Waals surface area contributed by atoms with Crippen molar-refractivity contribution in [1.82, 2.24) is 14.7 Å². The maximum Gasteiger partial charge on any atom is 0.501 e. The largest absolute Gasteiger partial charge is 0.748 e. The molecule has 5 N–H and O–H groups in total. The molecule has 0 aliphatic rings. The highest BCUT2D eigenvalue weighted by Gasteiger charge is 2.42. The van der Waals surface area contributed by atoms with Gasteiger partial charge in [0.15, 0.2) is 0 Å². The van der Waals surface area contributed by atoms with E-state index in [0.29, 0.717) is 12.5 Å². The van der Waals surface area contributed by atoms with Gasteiger partial charge in [0.1, 0.15) is 0 Å². The highest BCUT2D eigenvalue weighted by molar-refractivity contribution is 7.86. The smallest absolute Gasteiger partial charge is 0.501 e. The SMILES string of the molecule is CCCCCCCCCCCCCCCCCC[N+](C)(C)CCC[Si](OCCN(CCO)CCS(=O)(=O)[O-])(OCCN(CCO)CCS(=O)(=O)O)OCCN(CCO)CCS(=O)(=O)O. The molecule has 0 radical (unpaired) electrons. The van der Waals surface area contributed by atoms with Gasteiger partial charge in [-0.15, -0.1) is 0 Å². The molecule has 386 valence electrons. The molecular weight excluding hydrogens is 913 g/mol. The molecule has 0 amide bonds. The quantitative estimate of drug-likeness (QED) is 0.0254. The minimum Gasteiger partial charge on any atom is -0.748 e. The summed E-state index contributed by atoms with van der Waals surface area (Å²) in [4.78, 5) is 4.79. The van der Waals surface area contributed by atoms with Crippen LogP contribution >= 0.6 is 0 Å². The number of unbranched alkanes of at least 4 members (excludes halogenated alkanes) is 15. The highest BCUT2D eigenvalue weighted by atomic mass is 32.2. The molecule has 0 spiro atoms. The van der Waals surface area contributed by atoms with Crippen LogP contribution in [0, 0.1) is 0 Å². The van der Waals surface area contributed by atoms with Gasteiger partial charge in [0.2, 0.25) is 0 Å². The zero-order valence-corrected chi connectivity index (χ0v) is 43.2. The molecule has 23 heteroatoms. The number of nitrogens with zero attached hydrogens (tertiary/aromatic N) is 4. The summed E-state index contributed by atoms with van der Waals surface area (Å²) in [5.74, 6) is -1.78. The van der Waals surface area contributed by atoms with Crippen LogP contribution < -0.4 is 0 Å². The highest BCUT2D eigenvalue weighted by Crippen LogP contribution is 2.21. The Morgan fingerprint density at radius 3 is 1.09 bits per heavy atom. The second-order valence-electron chi connectivity index (χ2n) is 17.5. The van der Waals surface area contributed by atoms with Crippen molar-refractivity contribution in [2.45, 2.75) is 122 Å². The molecule has 0 aliphatic carbocycles. The second-order valence-corrected chi connectivity index (χ2v) is 24.9. The predicted octanol–water partition coefficient (Wildman–Crippen LogP) is 2.91. The van der Waals surface area contributed by atoms with E-state index in [-0.39, 0.29) is 98.5 Å². The van der Waals surface area contributed by atoms with Gasteiger partial charge in [-0.05, 0) is 12.8 Å². The summed E-state index contributed by atoms with van der Waals surface area (Å²) >= 11 is 0. The Bertz CT molecular complexity index is 1330. The fraction of sp³-hybridized carbons (Fsp3) is 1.00. The van der Waals surface area contributed by atoms with E-state index in [1.165, 1.54) is 89.9 Å². The third kappa shape index (κ3) is 40.6. The van der Waals surface area contributed by atoms with Crippen LogP contribution in [0.2, 0.25) is 6.04 Å². The summed E-state index contributed by atoms with van der Waals surface area (Å²) in [5, 5.41) is 28.9. The Morgan fingerprint density at radius 1 is 0.469 bits per heavy atom. The summed E-state index contributed by atoms with van der Waals surface area (Å²) in [6, 6.07) is 0.332. The maximum atomic E-state index is 11.5. The molecule has 0 fully saturated rings. The van der Waals surface area contributed by atoms with E-state index in [1.54, 1.807) is 14.7 Å². The number of rotatable bonds is 48. The number of hydrogen-bond donors (Lipinski definition) is 5. The first-order valence-electron chi connectivity index (χ1n) is 23.8. The lowest BCUT2D eigenvalue weighted by molar-refractivity contribution is -0.890. The van der Waals surface area contributed by atoms with Gasteiger partial charge in [-0.3, -0.25) is 23.8 Å². The third-order valence-electron chi connectivity index (χ3n) is 11.3. The molecule has 0 aromatic rings. The molecule has 0 aliphatic heterocycles. The predicted molar refractivity (Wildman–Crippen MR) is 252 cm³/mol.